The first kappa shape index (κ1) is 21.5. The zero-order chi connectivity index (χ0) is 21.0. The summed E-state index contributed by atoms with van der Waals surface area (Å²) in [6.07, 6.45) is 1.39. The summed E-state index contributed by atoms with van der Waals surface area (Å²) in [7, 11) is 1.47. The second-order valence-corrected chi connectivity index (χ2v) is 7.98. The van der Waals surface area contributed by atoms with Crippen LogP contribution >= 0.6 is 46.1 Å². The van der Waals surface area contributed by atoms with Gasteiger partial charge in [0.25, 0.3) is 11.8 Å². The fourth-order valence-electron chi connectivity index (χ4n) is 2.39. The highest BCUT2D eigenvalue weighted by Gasteiger charge is 2.25. The van der Waals surface area contributed by atoms with Crippen molar-refractivity contribution in [2.45, 2.75) is 0 Å². The number of hydrogen-bond acceptors (Lipinski definition) is 5. The summed E-state index contributed by atoms with van der Waals surface area (Å²) in [6.45, 7) is 0.0618. The largest absolute Gasteiger partial charge is 0.364 e. The van der Waals surface area contributed by atoms with Crippen LogP contribution in [-0.2, 0) is 4.74 Å². The Hall–Kier alpha value is -2.16. The number of hydrogen-bond donors (Lipinski definition) is 1. The van der Waals surface area contributed by atoms with E-state index in [0.29, 0.717) is 25.7 Å². The Morgan fingerprint density at radius 2 is 1.79 bits per heavy atom. The smallest absolute Gasteiger partial charge is 0.266 e. The van der Waals surface area contributed by atoms with Crippen LogP contribution in [0.2, 0.25) is 15.1 Å². The van der Waals surface area contributed by atoms with Gasteiger partial charge in [0.1, 0.15) is 11.6 Å². The maximum atomic E-state index is 13.3. The van der Waals surface area contributed by atoms with Crippen LogP contribution in [0.5, 0.6) is 0 Å². The number of aromatic nitrogens is 1. The van der Waals surface area contributed by atoms with E-state index in [2.05, 4.69) is 10.3 Å². The Kier molecular flexibility index (Phi) is 7.10. The van der Waals surface area contributed by atoms with E-state index in [1.54, 1.807) is 30.3 Å². The predicted octanol–water partition coefficient (Wildman–Crippen LogP) is 5.42. The molecule has 1 heterocycles. The van der Waals surface area contributed by atoms with Crippen molar-refractivity contribution in [3.05, 3.63) is 74.2 Å². The van der Waals surface area contributed by atoms with Gasteiger partial charge in [-0.25, -0.2) is 4.98 Å². The Labute approximate surface area is 186 Å². The van der Waals surface area contributed by atoms with Gasteiger partial charge in [0, 0.05) is 17.2 Å². The molecule has 1 N–H and O–H groups in total. The number of carbonyl (C=O) groups excluding carboxylic acids is 2. The van der Waals surface area contributed by atoms with Crippen LogP contribution in [-0.4, -0.2) is 30.6 Å². The average Bonchev–Trinajstić information content (AvgIpc) is 3.17. The lowest BCUT2D eigenvalue weighted by Gasteiger charge is -2.21. The summed E-state index contributed by atoms with van der Waals surface area (Å²) in [5, 5.41) is 4.01. The van der Waals surface area contributed by atoms with Gasteiger partial charge < -0.3 is 10.1 Å². The molecule has 10 heteroatoms. The molecule has 1 aromatic heterocycles. The van der Waals surface area contributed by atoms with Crippen molar-refractivity contribution in [3.8, 4) is 0 Å². The topological polar surface area (TPSA) is 71.5 Å². The molecule has 3 rings (SSSR count). The Bertz CT molecular complexity index is 1040. The number of anilines is 2. The molecule has 0 saturated carbocycles. The van der Waals surface area contributed by atoms with Crippen LogP contribution in [0.1, 0.15) is 20.0 Å². The van der Waals surface area contributed by atoms with Crippen molar-refractivity contribution in [3.63, 3.8) is 0 Å². The first-order valence-electron chi connectivity index (χ1n) is 8.18. The van der Waals surface area contributed by atoms with E-state index < -0.39 is 5.91 Å². The van der Waals surface area contributed by atoms with Crippen molar-refractivity contribution >= 4 is 68.8 Å². The monoisotopic (exact) mass is 469 g/mol. The third-order valence-corrected chi connectivity index (χ3v) is 5.52. The van der Waals surface area contributed by atoms with E-state index >= 15 is 0 Å². The third kappa shape index (κ3) is 5.07. The van der Waals surface area contributed by atoms with Gasteiger partial charge in [-0.05, 0) is 42.5 Å². The summed E-state index contributed by atoms with van der Waals surface area (Å²) < 4.78 is 4.84. The van der Waals surface area contributed by atoms with E-state index in [1.807, 2.05) is 0 Å². The summed E-state index contributed by atoms with van der Waals surface area (Å²) in [4.78, 5) is 31.4. The third-order valence-electron chi connectivity index (χ3n) is 3.74. The first-order chi connectivity index (χ1) is 13.9. The van der Waals surface area contributed by atoms with Gasteiger partial charge in [0.05, 0.1) is 22.5 Å². The number of rotatable bonds is 6. The number of benzene rings is 2. The minimum atomic E-state index is -0.424. The van der Waals surface area contributed by atoms with E-state index in [-0.39, 0.29) is 23.2 Å². The van der Waals surface area contributed by atoms with Gasteiger partial charge in [-0.3, -0.25) is 14.5 Å². The maximum absolute atomic E-state index is 13.3. The van der Waals surface area contributed by atoms with Gasteiger partial charge in [-0.15, -0.1) is 0 Å². The molecule has 2 aromatic carbocycles. The molecular formula is C19H14Cl3N3O3S. The fourth-order valence-corrected chi connectivity index (χ4v) is 3.85. The van der Waals surface area contributed by atoms with Gasteiger partial charge >= 0.3 is 0 Å². The molecule has 0 bridgehead atoms. The van der Waals surface area contributed by atoms with Gasteiger partial charge in [-0.1, -0.05) is 46.1 Å². The zero-order valence-electron chi connectivity index (χ0n) is 15.0. The van der Waals surface area contributed by atoms with Crippen molar-refractivity contribution in [2.24, 2.45) is 0 Å². The number of nitrogens with one attached hydrogen (secondary N) is 1. The summed E-state index contributed by atoms with van der Waals surface area (Å²) >= 11 is 19.2. The minimum absolute atomic E-state index is 0.0618. The lowest BCUT2D eigenvalue weighted by atomic mass is 10.2. The summed E-state index contributed by atoms with van der Waals surface area (Å²) in [5.41, 5.74) is 0.759. The summed E-state index contributed by atoms with van der Waals surface area (Å²) in [6, 6.07) is 11.3. The quantitative estimate of drug-likeness (QED) is 0.489. The Morgan fingerprint density at radius 1 is 1.10 bits per heavy atom. The summed E-state index contributed by atoms with van der Waals surface area (Å²) in [5.74, 6) is -0.782. The van der Waals surface area contributed by atoms with Crippen molar-refractivity contribution in [1.82, 2.24) is 10.3 Å². The van der Waals surface area contributed by atoms with Crippen LogP contribution in [0.25, 0.3) is 0 Å². The molecule has 0 aliphatic rings. The molecule has 150 valence electrons. The van der Waals surface area contributed by atoms with Crippen LogP contribution in [0.15, 0.2) is 48.7 Å². The molecule has 0 aliphatic heterocycles. The number of ether oxygens (including phenoxy) is 1. The molecular weight excluding hydrogens is 457 g/mol. The molecule has 29 heavy (non-hydrogen) atoms. The molecule has 0 spiro atoms. The second kappa shape index (κ2) is 9.56. The van der Waals surface area contributed by atoms with Crippen LogP contribution in [0, 0.1) is 0 Å². The number of amides is 2. The minimum Gasteiger partial charge on any atom is -0.364 e. The van der Waals surface area contributed by atoms with Crippen LogP contribution in [0.4, 0.5) is 10.8 Å². The van der Waals surface area contributed by atoms with Crippen molar-refractivity contribution in [1.29, 1.82) is 0 Å². The molecule has 6 nitrogen and oxygen atoms in total. The Balaban J connectivity index is 2.02. The van der Waals surface area contributed by atoms with Crippen molar-refractivity contribution < 1.29 is 14.3 Å². The molecule has 0 unspecified atom stereocenters. The number of carbonyl (C=O) groups is 2. The van der Waals surface area contributed by atoms with Gasteiger partial charge in [0.15, 0.2) is 5.13 Å². The standard InChI is InChI=1S/C19H14Cl3N3O3S/c1-28-10-24-17(26)16-9-23-19(29-16)25(13-5-2-11(20)3-6-13)18(27)14-7-4-12(21)8-15(14)22/h2-9H,10H2,1H3,(H,24,26). The molecule has 0 aliphatic carbocycles. The maximum Gasteiger partial charge on any atom is 0.266 e. The van der Waals surface area contributed by atoms with Crippen molar-refractivity contribution in [2.75, 3.05) is 18.7 Å². The first-order valence-corrected chi connectivity index (χ1v) is 10.1. The molecule has 0 radical (unpaired) electrons. The molecule has 0 atom stereocenters. The van der Waals surface area contributed by atoms with E-state index in [1.165, 1.54) is 30.3 Å². The molecule has 0 fully saturated rings. The molecule has 3 aromatic rings. The number of halogens is 3. The normalized spacial score (nSPS) is 10.6. The van der Waals surface area contributed by atoms with E-state index in [9.17, 15) is 9.59 Å². The lowest BCUT2D eigenvalue weighted by Crippen LogP contribution is -2.26. The van der Waals surface area contributed by atoms with Gasteiger partial charge in [0.2, 0.25) is 0 Å². The molecule has 2 amide bonds. The van der Waals surface area contributed by atoms with E-state index in [4.69, 9.17) is 39.5 Å². The SMILES string of the molecule is COCNC(=O)c1cnc(N(C(=O)c2ccc(Cl)cc2Cl)c2ccc(Cl)cc2)s1. The van der Waals surface area contributed by atoms with E-state index in [0.717, 1.165) is 11.3 Å². The highest BCUT2D eigenvalue weighted by atomic mass is 35.5. The second-order valence-electron chi connectivity index (χ2n) is 5.69. The van der Waals surface area contributed by atoms with Crippen LogP contribution < -0.4 is 10.2 Å². The Morgan fingerprint density at radius 3 is 2.45 bits per heavy atom. The average molecular weight is 471 g/mol. The number of nitrogens with zero attached hydrogens (tertiary/aromatic N) is 2. The zero-order valence-corrected chi connectivity index (χ0v) is 18.1. The highest BCUT2D eigenvalue weighted by Crippen LogP contribution is 2.34. The highest BCUT2D eigenvalue weighted by molar-refractivity contribution is 7.17. The molecule has 0 saturated heterocycles. The lowest BCUT2D eigenvalue weighted by molar-refractivity contribution is 0.0875. The number of methoxy groups -OCH3 is 1. The van der Waals surface area contributed by atoms with Crippen LogP contribution in [0.3, 0.4) is 0 Å². The van der Waals surface area contributed by atoms with Gasteiger partial charge in [-0.2, -0.15) is 0 Å². The predicted molar refractivity (Wildman–Crippen MR) is 116 cm³/mol. The fraction of sp³-hybridized carbons (Fsp3) is 0.105. The number of thiazole rings is 1.